The predicted molar refractivity (Wildman–Crippen MR) is 85.9 cm³/mol. The van der Waals surface area contributed by atoms with Crippen LogP contribution in [0.15, 0.2) is 36.4 Å². The van der Waals surface area contributed by atoms with E-state index in [2.05, 4.69) is 0 Å². The van der Waals surface area contributed by atoms with Crippen molar-refractivity contribution in [2.75, 3.05) is 22.9 Å². The summed E-state index contributed by atoms with van der Waals surface area (Å²) in [5.41, 5.74) is 25.1. The summed E-state index contributed by atoms with van der Waals surface area (Å²) in [5.74, 6) is 0.0144. The molecular weight excluding hydrogens is 268 g/mol. The van der Waals surface area contributed by atoms with Gasteiger partial charge in [0.05, 0.1) is 11.4 Å². The Morgan fingerprint density at radius 3 is 1.43 bits per heavy atom. The largest absolute Gasteiger partial charge is 0.451 e. The van der Waals surface area contributed by atoms with Crippen LogP contribution in [0.4, 0.5) is 22.7 Å². The molecule has 8 N–H and O–H groups in total. The third-order valence-electron chi connectivity index (χ3n) is 2.78. The summed E-state index contributed by atoms with van der Waals surface area (Å²) in [6.45, 7) is 3.52. The van der Waals surface area contributed by atoms with Crippen LogP contribution in [0.1, 0.15) is 13.8 Å². The summed E-state index contributed by atoms with van der Waals surface area (Å²) in [6.07, 6.45) is 0. The van der Waals surface area contributed by atoms with Gasteiger partial charge in [0.2, 0.25) is 5.79 Å². The van der Waals surface area contributed by atoms with Crippen molar-refractivity contribution >= 4 is 22.7 Å². The fourth-order valence-corrected chi connectivity index (χ4v) is 1.87. The highest BCUT2D eigenvalue weighted by Gasteiger charge is 2.24. The number of hydrogen-bond acceptors (Lipinski definition) is 6. The van der Waals surface area contributed by atoms with Gasteiger partial charge in [0.1, 0.15) is 11.5 Å². The third kappa shape index (κ3) is 3.62. The van der Waals surface area contributed by atoms with Crippen molar-refractivity contribution in [1.29, 1.82) is 0 Å². The number of hydrogen-bond donors (Lipinski definition) is 4. The molecule has 0 aliphatic rings. The highest BCUT2D eigenvalue weighted by molar-refractivity contribution is 5.61. The molecule has 0 aromatic heterocycles. The molecular formula is C15H20N4O2. The first-order chi connectivity index (χ1) is 9.77. The van der Waals surface area contributed by atoms with E-state index in [0.29, 0.717) is 34.2 Å². The van der Waals surface area contributed by atoms with E-state index in [1.807, 2.05) is 0 Å². The Kier molecular flexibility index (Phi) is 3.71. The zero-order chi connectivity index (χ0) is 15.6. The van der Waals surface area contributed by atoms with Gasteiger partial charge >= 0.3 is 0 Å². The Balaban J connectivity index is 2.18. The summed E-state index contributed by atoms with van der Waals surface area (Å²) in [4.78, 5) is 0. The summed E-state index contributed by atoms with van der Waals surface area (Å²) in [5, 5.41) is 0. The lowest BCUT2D eigenvalue weighted by Gasteiger charge is -2.28. The minimum absolute atomic E-state index is 0.442. The third-order valence-corrected chi connectivity index (χ3v) is 2.78. The lowest BCUT2D eigenvalue weighted by Crippen LogP contribution is -2.35. The lowest BCUT2D eigenvalue weighted by atomic mass is 10.2. The molecule has 0 spiro atoms. The van der Waals surface area contributed by atoms with E-state index in [-0.39, 0.29) is 0 Å². The Labute approximate surface area is 123 Å². The normalized spacial score (nSPS) is 11.1. The molecule has 6 nitrogen and oxygen atoms in total. The van der Waals surface area contributed by atoms with Crippen LogP contribution in [0.5, 0.6) is 11.5 Å². The van der Waals surface area contributed by atoms with Gasteiger partial charge in [-0.1, -0.05) is 0 Å². The molecule has 6 heteroatoms. The number of ether oxygens (including phenoxy) is 2. The SMILES string of the molecule is CC(C)(Oc1ccc(N)cc1N)Oc1ccc(N)cc1N. The van der Waals surface area contributed by atoms with Gasteiger partial charge in [0.15, 0.2) is 0 Å². The average Bonchev–Trinajstić information content (AvgIpc) is 2.36. The lowest BCUT2D eigenvalue weighted by molar-refractivity contribution is -0.0799. The standard InChI is InChI=1S/C15H20N4O2/c1-15(2,20-13-5-3-9(16)7-11(13)18)21-14-6-4-10(17)8-12(14)19/h3-8H,16-19H2,1-2H3. The van der Waals surface area contributed by atoms with Gasteiger partial charge in [-0.25, -0.2) is 0 Å². The van der Waals surface area contributed by atoms with Crippen molar-refractivity contribution in [2.45, 2.75) is 19.6 Å². The number of nitrogens with two attached hydrogens (primary N) is 4. The van der Waals surface area contributed by atoms with Gasteiger partial charge in [0, 0.05) is 25.2 Å². The fraction of sp³-hybridized carbons (Fsp3) is 0.200. The molecule has 21 heavy (non-hydrogen) atoms. The van der Waals surface area contributed by atoms with E-state index in [1.165, 1.54) is 0 Å². The van der Waals surface area contributed by atoms with Gasteiger partial charge in [-0.3, -0.25) is 0 Å². The molecule has 0 aliphatic heterocycles. The fourth-order valence-electron chi connectivity index (χ4n) is 1.87. The second-order valence-electron chi connectivity index (χ2n) is 5.20. The van der Waals surface area contributed by atoms with E-state index >= 15 is 0 Å². The number of nitrogen functional groups attached to an aromatic ring is 4. The summed E-state index contributed by atoms with van der Waals surface area (Å²) in [7, 11) is 0. The van der Waals surface area contributed by atoms with Crippen molar-refractivity contribution in [2.24, 2.45) is 0 Å². The van der Waals surface area contributed by atoms with Crippen LogP contribution < -0.4 is 32.4 Å². The van der Waals surface area contributed by atoms with Crippen LogP contribution >= 0.6 is 0 Å². The molecule has 0 heterocycles. The first-order valence-corrected chi connectivity index (χ1v) is 6.45. The van der Waals surface area contributed by atoms with Crippen molar-refractivity contribution in [3.63, 3.8) is 0 Å². The summed E-state index contributed by atoms with van der Waals surface area (Å²) < 4.78 is 11.6. The van der Waals surface area contributed by atoms with E-state index in [1.54, 1.807) is 50.2 Å². The molecule has 0 amide bonds. The predicted octanol–water partition coefficient (Wildman–Crippen LogP) is 2.21. The maximum Gasteiger partial charge on any atom is 0.246 e. The van der Waals surface area contributed by atoms with Gasteiger partial charge in [0.25, 0.3) is 0 Å². The minimum Gasteiger partial charge on any atom is -0.451 e. The average molecular weight is 288 g/mol. The first kappa shape index (κ1) is 14.6. The molecule has 112 valence electrons. The second-order valence-corrected chi connectivity index (χ2v) is 5.20. The molecule has 2 rings (SSSR count). The Hall–Kier alpha value is -2.76. The van der Waals surface area contributed by atoms with Gasteiger partial charge in [-0.2, -0.15) is 0 Å². The van der Waals surface area contributed by atoms with Crippen LogP contribution in [-0.4, -0.2) is 5.79 Å². The molecule has 0 saturated carbocycles. The van der Waals surface area contributed by atoms with Gasteiger partial charge in [-0.05, 0) is 36.4 Å². The number of anilines is 4. The summed E-state index contributed by atoms with van der Waals surface area (Å²) in [6, 6.07) is 10.1. The Bertz CT molecular complexity index is 601. The number of benzene rings is 2. The zero-order valence-electron chi connectivity index (χ0n) is 12.1. The molecule has 0 radical (unpaired) electrons. The molecule has 0 aliphatic carbocycles. The molecule has 0 bridgehead atoms. The highest BCUT2D eigenvalue weighted by atomic mass is 16.7. The van der Waals surface area contributed by atoms with Crippen LogP contribution in [0.3, 0.4) is 0 Å². The second kappa shape index (κ2) is 5.32. The number of rotatable bonds is 4. The quantitative estimate of drug-likeness (QED) is 0.505. The monoisotopic (exact) mass is 288 g/mol. The van der Waals surface area contributed by atoms with Crippen molar-refractivity contribution in [1.82, 2.24) is 0 Å². The van der Waals surface area contributed by atoms with Crippen LogP contribution in [-0.2, 0) is 0 Å². The van der Waals surface area contributed by atoms with Crippen molar-refractivity contribution in [3.05, 3.63) is 36.4 Å². The van der Waals surface area contributed by atoms with E-state index in [0.717, 1.165) is 0 Å². The summed E-state index contributed by atoms with van der Waals surface area (Å²) >= 11 is 0. The van der Waals surface area contributed by atoms with Crippen molar-refractivity contribution < 1.29 is 9.47 Å². The van der Waals surface area contributed by atoms with E-state index < -0.39 is 5.79 Å². The topological polar surface area (TPSA) is 123 Å². The Morgan fingerprint density at radius 2 is 1.10 bits per heavy atom. The smallest absolute Gasteiger partial charge is 0.246 e. The molecule has 2 aromatic carbocycles. The highest BCUT2D eigenvalue weighted by Crippen LogP contribution is 2.31. The van der Waals surface area contributed by atoms with Crippen LogP contribution in [0, 0.1) is 0 Å². The molecule has 0 unspecified atom stereocenters. The molecule has 0 atom stereocenters. The zero-order valence-corrected chi connectivity index (χ0v) is 12.1. The molecule has 0 fully saturated rings. The Morgan fingerprint density at radius 1 is 0.714 bits per heavy atom. The van der Waals surface area contributed by atoms with Crippen molar-refractivity contribution in [3.8, 4) is 11.5 Å². The van der Waals surface area contributed by atoms with E-state index in [9.17, 15) is 0 Å². The van der Waals surface area contributed by atoms with Crippen LogP contribution in [0.2, 0.25) is 0 Å². The molecule has 0 saturated heterocycles. The maximum absolute atomic E-state index is 5.87. The van der Waals surface area contributed by atoms with Crippen LogP contribution in [0.25, 0.3) is 0 Å². The van der Waals surface area contributed by atoms with Gasteiger partial charge in [-0.15, -0.1) is 0 Å². The van der Waals surface area contributed by atoms with E-state index in [4.69, 9.17) is 32.4 Å². The minimum atomic E-state index is -0.964. The van der Waals surface area contributed by atoms with Gasteiger partial charge < -0.3 is 32.4 Å². The maximum atomic E-state index is 5.87. The molecule has 2 aromatic rings. The first-order valence-electron chi connectivity index (χ1n) is 6.45.